The lowest BCUT2D eigenvalue weighted by atomic mass is 10.1. The summed E-state index contributed by atoms with van der Waals surface area (Å²) in [5.74, 6) is 0.145. The first kappa shape index (κ1) is 15.1. The molecule has 2 nitrogen and oxygen atoms in total. The molecule has 1 aliphatic rings. The van der Waals surface area contributed by atoms with Gasteiger partial charge in [0.1, 0.15) is 5.69 Å². The van der Waals surface area contributed by atoms with Gasteiger partial charge in [0.15, 0.2) is 5.37 Å². The van der Waals surface area contributed by atoms with Crippen molar-refractivity contribution in [2.75, 3.05) is 0 Å². The number of benzene rings is 3. The van der Waals surface area contributed by atoms with Crippen LogP contribution < -0.4 is 10.0 Å². The summed E-state index contributed by atoms with van der Waals surface area (Å²) in [6.07, 6.45) is 0. The van der Waals surface area contributed by atoms with Crippen LogP contribution in [0, 0.1) is 0 Å². The molecule has 24 heavy (non-hydrogen) atoms. The summed E-state index contributed by atoms with van der Waals surface area (Å²) < 4.78 is 0. The van der Waals surface area contributed by atoms with Crippen molar-refractivity contribution in [1.82, 2.24) is 0 Å². The van der Waals surface area contributed by atoms with Gasteiger partial charge < -0.3 is 5.11 Å². The molecule has 0 fully saturated rings. The van der Waals surface area contributed by atoms with Gasteiger partial charge in [0.2, 0.25) is 0 Å². The molecule has 1 heterocycles. The zero-order valence-electron chi connectivity index (χ0n) is 13.1. The SMILES string of the molecule is [O-]C1=C(c2ccccc2)SC(c2ccccc2)[NH+]1c1ccccc1. The molecule has 4 rings (SSSR count). The Morgan fingerprint density at radius 3 is 1.88 bits per heavy atom. The fourth-order valence-corrected chi connectivity index (χ4v) is 4.40. The van der Waals surface area contributed by atoms with E-state index in [1.54, 1.807) is 11.8 Å². The second-order valence-corrected chi connectivity index (χ2v) is 6.83. The Morgan fingerprint density at radius 2 is 1.25 bits per heavy atom. The molecule has 3 aromatic carbocycles. The molecule has 0 saturated carbocycles. The molecule has 0 spiro atoms. The Bertz CT molecular complexity index is 847. The summed E-state index contributed by atoms with van der Waals surface area (Å²) in [5, 5.41) is 13.2. The van der Waals surface area contributed by atoms with Gasteiger partial charge in [-0.2, -0.15) is 0 Å². The van der Waals surface area contributed by atoms with E-state index in [4.69, 9.17) is 0 Å². The first-order valence-electron chi connectivity index (χ1n) is 7.95. The van der Waals surface area contributed by atoms with Crippen LogP contribution in [0.2, 0.25) is 0 Å². The number of rotatable bonds is 3. The van der Waals surface area contributed by atoms with Crippen LogP contribution in [0.5, 0.6) is 0 Å². The van der Waals surface area contributed by atoms with E-state index < -0.39 is 0 Å². The van der Waals surface area contributed by atoms with E-state index in [1.165, 1.54) is 5.56 Å². The van der Waals surface area contributed by atoms with Gasteiger partial charge in [0.05, 0.1) is 10.8 Å². The quantitative estimate of drug-likeness (QED) is 0.797. The first-order valence-corrected chi connectivity index (χ1v) is 8.83. The van der Waals surface area contributed by atoms with Gasteiger partial charge in [-0.05, 0) is 17.7 Å². The van der Waals surface area contributed by atoms with Crippen LogP contribution >= 0.6 is 11.8 Å². The van der Waals surface area contributed by atoms with Gasteiger partial charge in [0, 0.05) is 5.56 Å². The zero-order chi connectivity index (χ0) is 16.4. The normalized spacial score (nSPS) is 20.3. The molecule has 0 bridgehead atoms. The number of hydrogen-bond acceptors (Lipinski definition) is 2. The van der Waals surface area contributed by atoms with Gasteiger partial charge in [-0.15, -0.1) is 0 Å². The lowest BCUT2D eigenvalue weighted by Crippen LogP contribution is -3.05. The molecule has 1 N–H and O–H groups in total. The summed E-state index contributed by atoms with van der Waals surface area (Å²) in [6, 6.07) is 30.2. The molecule has 2 unspecified atom stereocenters. The highest BCUT2D eigenvalue weighted by Crippen LogP contribution is 2.42. The predicted octanol–water partition coefficient (Wildman–Crippen LogP) is 3.34. The fourth-order valence-electron chi connectivity index (χ4n) is 3.02. The molecule has 0 aromatic heterocycles. The summed E-state index contributed by atoms with van der Waals surface area (Å²) >= 11 is 1.66. The highest BCUT2D eigenvalue weighted by atomic mass is 32.2. The Morgan fingerprint density at radius 1 is 0.708 bits per heavy atom. The number of quaternary nitrogens is 1. The van der Waals surface area contributed by atoms with Crippen molar-refractivity contribution in [3.63, 3.8) is 0 Å². The predicted molar refractivity (Wildman–Crippen MR) is 97.2 cm³/mol. The van der Waals surface area contributed by atoms with Crippen molar-refractivity contribution in [3.8, 4) is 0 Å². The Kier molecular flexibility index (Phi) is 4.11. The molecule has 3 aromatic rings. The van der Waals surface area contributed by atoms with Gasteiger partial charge in [-0.3, -0.25) is 4.90 Å². The van der Waals surface area contributed by atoms with E-state index in [0.717, 1.165) is 21.1 Å². The number of thioether (sulfide) groups is 1. The van der Waals surface area contributed by atoms with Gasteiger partial charge >= 0.3 is 0 Å². The maximum Gasteiger partial charge on any atom is 0.173 e. The highest BCUT2D eigenvalue weighted by molar-refractivity contribution is 8.08. The van der Waals surface area contributed by atoms with Crippen LogP contribution in [0.4, 0.5) is 5.69 Å². The molecule has 3 heteroatoms. The molecule has 2 atom stereocenters. The summed E-state index contributed by atoms with van der Waals surface area (Å²) in [5.41, 5.74) is 3.18. The van der Waals surface area contributed by atoms with Crippen LogP contribution in [-0.4, -0.2) is 0 Å². The third kappa shape index (κ3) is 2.73. The van der Waals surface area contributed by atoms with Crippen molar-refractivity contribution >= 4 is 22.4 Å². The lowest BCUT2D eigenvalue weighted by molar-refractivity contribution is -0.860. The topological polar surface area (TPSA) is 27.5 Å². The van der Waals surface area contributed by atoms with Crippen molar-refractivity contribution in [2.24, 2.45) is 0 Å². The first-order chi connectivity index (χ1) is 11.8. The minimum absolute atomic E-state index is 0.0382. The Hall–Kier alpha value is -2.49. The zero-order valence-corrected chi connectivity index (χ0v) is 13.9. The van der Waals surface area contributed by atoms with Gasteiger partial charge in [-0.25, -0.2) is 0 Å². The highest BCUT2D eigenvalue weighted by Gasteiger charge is 2.36. The maximum absolute atomic E-state index is 13.2. The number of para-hydroxylation sites is 1. The van der Waals surface area contributed by atoms with Crippen LogP contribution in [0.25, 0.3) is 4.91 Å². The van der Waals surface area contributed by atoms with Crippen molar-refractivity contribution in [3.05, 3.63) is 108 Å². The van der Waals surface area contributed by atoms with Crippen LogP contribution in [0.3, 0.4) is 0 Å². The van der Waals surface area contributed by atoms with Crippen LogP contribution in [0.1, 0.15) is 16.5 Å². The second-order valence-electron chi connectivity index (χ2n) is 5.71. The second kappa shape index (κ2) is 6.56. The van der Waals surface area contributed by atoms with E-state index in [2.05, 4.69) is 12.1 Å². The summed E-state index contributed by atoms with van der Waals surface area (Å²) in [4.78, 5) is 1.72. The third-order valence-corrected chi connectivity index (χ3v) is 5.57. The standard InChI is InChI=1S/C21H17NOS/c23-20-19(16-10-4-1-5-11-16)24-21(17-12-6-2-7-13-17)22(20)18-14-8-3-9-15-18/h1-15,21,23H. The largest absolute Gasteiger partial charge is 0.830 e. The average Bonchev–Trinajstić information content (AvgIpc) is 3.01. The summed E-state index contributed by atoms with van der Waals surface area (Å²) in [7, 11) is 0. The van der Waals surface area contributed by atoms with Crippen molar-refractivity contribution in [2.45, 2.75) is 5.37 Å². The van der Waals surface area contributed by atoms with Crippen LogP contribution in [-0.2, 0) is 0 Å². The minimum Gasteiger partial charge on any atom is -0.830 e. The molecular formula is C21H17NOS. The lowest BCUT2D eigenvalue weighted by Gasteiger charge is -2.25. The third-order valence-electron chi connectivity index (χ3n) is 4.17. The molecule has 0 amide bonds. The average molecular weight is 331 g/mol. The maximum atomic E-state index is 13.2. The minimum atomic E-state index is 0.0382. The van der Waals surface area contributed by atoms with Gasteiger partial charge in [-0.1, -0.05) is 90.6 Å². The summed E-state index contributed by atoms with van der Waals surface area (Å²) in [6.45, 7) is 0. The fraction of sp³-hybridized carbons (Fsp3) is 0.0476. The molecule has 0 aliphatic carbocycles. The van der Waals surface area contributed by atoms with E-state index in [0.29, 0.717) is 0 Å². The molecule has 0 saturated heterocycles. The van der Waals surface area contributed by atoms with Gasteiger partial charge in [0.25, 0.3) is 0 Å². The van der Waals surface area contributed by atoms with Crippen LogP contribution in [0.15, 0.2) is 96.9 Å². The van der Waals surface area contributed by atoms with Crippen molar-refractivity contribution < 1.29 is 10.0 Å². The molecular weight excluding hydrogens is 314 g/mol. The Balaban J connectivity index is 1.82. The van der Waals surface area contributed by atoms with E-state index >= 15 is 0 Å². The van der Waals surface area contributed by atoms with Crippen molar-refractivity contribution in [1.29, 1.82) is 0 Å². The van der Waals surface area contributed by atoms with E-state index in [-0.39, 0.29) is 11.3 Å². The molecule has 0 radical (unpaired) electrons. The molecule has 1 aliphatic heterocycles. The van der Waals surface area contributed by atoms with E-state index in [9.17, 15) is 5.11 Å². The Labute approximate surface area is 146 Å². The number of hydrogen-bond donors (Lipinski definition) is 1. The molecule has 118 valence electrons. The monoisotopic (exact) mass is 331 g/mol. The van der Waals surface area contributed by atoms with E-state index in [1.807, 2.05) is 78.9 Å². The number of nitrogens with one attached hydrogen (secondary N) is 1. The smallest absolute Gasteiger partial charge is 0.173 e.